The standard InChI is InChI=1S/C34H47FN7O6P/c1-8-42(16-18-46-49(44,47-33(2,3)4)48-34(5,6)7)15-10-17-45-27-13-14-28-29(22-27)36-23-37-32(28)39-30-20-26(40-41-30)21-31(43)38-25-12-9-11-24(35)19-25/h9,11-14,19-20,22-23H,8,10,15-18,21H2,1-7H3,(H,38,43)(H2,36,37,39,40,41). The van der Waals surface area contributed by atoms with Crippen LogP contribution in [0.1, 0.15) is 60.6 Å². The molecule has 2 aromatic carbocycles. The number of phosphoric ester groups is 1. The summed E-state index contributed by atoms with van der Waals surface area (Å²) in [7, 11) is -3.76. The Hall–Kier alpha value is -3.94. The molecule has 1 amide bonds. The number of hydrogen-bond donors (Lipinski definition) is 3. The zero-order valence-electron chi connectivity index (χ0n) is 29.2. The van der Waals surface area contributed by atoms with E-state index in [1.807, 2.05) is 59.7 Å². The van der Waals surface area contributed by atoms with Gasteiger partial charge in [0.15, 0.2) is 5.82 Å². The minimum atomic E-state index is -3.76. The van der Waals surface area contributed by atoms with Crippen molar-refractivity contribution in [2.24, 2.45) is 0 Å². The third-order valence-electron chi connectivity index (χ3n) is 6.71. The van der Waals surface area contributed by atoms with Crippen LogP contribution in [0.3, 0.4) is 0 Å². The number of nitrogens with one attached hydrogen (secondary N) is 3. The average Bonchev–Trinajstić information content (AvgIpc) is 3.42. The topological polar surface area (TPSA) is 153 Å². The Morgan fingerprint density at radius 1 is 0.980 bits per heavy atom. The number of aromatic amines is 1. The number of anilines is 3. The Morgan fingerprint density at radius 3 is 2.43 bits per heavy atom. The summed E-state index contributed by atoms with van der Waals surface area (Å²) >= 11 is 0. The van der Waals surface area contributed by atoms with Crippen molar-refractivity contribution in [3.8, 4) is 5.75 Å². The molecular weight excluding hydrogens is 652 g/mol. The molecule has 0 spiro atoms. The SMILES string of the molecule is CCN(CCCOc1ccc2c(Nc3cc(CC(=O)Nc4cccc(F)c4)[nH]n3)ncnc2c1)CCOP(=O)(OC(C)(C)C)OC(C)(C)C. The first kappa shape index (κ1) is 37.9. The van der Waals surface area contributed by atoms with Crippen molar-refractivity contribution in [1.29, 1.82) is 0 Å². The molecule has 0 fully saturated rings. The lowest BCUT2D eigenvalue weighted by Crippen LogP contribution is -2.30. The molecule has 0 radical (unpaired) electrons. The largest absolute Gasteiger partial charge is 0.493 e. The summed E-state index contributed by atoms with van der Waals surface area (Å²) in [6.07, 6.45) is 2.24. The minimum Gasteiger partial charge on any atom is -0.493 e. The van der Waals surface area contributed by atoms with Gasteiger partial charge in [-0.05, 0) is 84.8 Å². The number of rotatable bonds is 17. The lowest BCUT2D eigenvalue weighted by molar-refractivity contribution is -0.115. The van der Waals surface area contributed by atoms with Gasteiger partial charge in [0, 0.05) is 42.0 Å². The zero-order valence-corrected chi connectivity index (χ0v) is 30.1. The Balaban J connectivity index is 1.25. The minimum absolute atomic E-state index is 0.0289. The van der Waals surface area contributed by atoms with E-state index < -0.39 is 24.8 Å². The summed E-state index contributed by atoms with van der Waals surface area (Å²) in [6, 6.07) is 13.0. The van der Waals surface area contributed by atoms with Crippen molar-refractivity contribution >= 4 is 42.0 Å². The van der Waals surface area contributed by atoms with Gasteiger partial charge in [0.05, 0.1) is 36.4 Å². The first-order valence-electron chi connectivity index (χ1n) is 16.2. The molecule has 15 heteroatoms. The smallest absolute Gasteiger partial charge is 0.475 e. The summed E-state index contributed by atoms with van der Waals surface area (Å²) in [5, 5.41) is 13.7. The van der Waals surface area contributed by atoms with Crippen LogP contribution in [0.5, 0.6) is 5.75 Å². The Kier molecular flexibility index (Phi) is 12.9. The highest BCUT2D eigenvalue weighted by Crippen LogP contribution is 2.55. The van der Waals surface area contributed by atoms with Crippen LogP contribution in [0.15, 0.2) is 54.9 Å². The van der Waals surface area contributed by atoms with Gasteiger partial charge in [-0.25, -0.2) is 18.9 Å². The Morgan fingerprint density at radius 2 is 1.73 bits per heavy atom. The van der Waals surface area contributed by atoms with E-state index in [-0.39, 0.29) is 18.9 Å². The zero-order chi connectivity index (χ0) is 35.7. The molecule has 4 aromatic rings. The van der Waals surface area contributed by atoms with Crippen molar-refractivity contribution < 1.29 is 32.1 Å². The predicted molar refractivity (Wildman–Crippen MR) is 188 cm³/mol. The number of amides is 1. The molecule has 266 valence electrons. The van der Waals surface area contributed by atoms with E-state index >= 15 is 0 Å². The van der Waals surface area contributed by atoms with Crippen LogP contribution in [-0.4, -0.2) is 75.0 Å². The number of nitrogens with zero attached hydrogens (tertiary/aromatic N) is 4. The molecule has 4 rings (SSSR count). The summed E-state index contributed by atoms with van der Waals surface area (Å²) in [5.74, 6) is 0.964. The van der Waals surface area contributed by atoms with Gasteiger partial charge in [0.2, 0.25) is 5.91 Å². The number of phosphoric acid groups is 1. The molecule has 0 atom stereocenters. The predicted octanol–water partition coefficient (Wildman–Crippen LogP) is 7.26. The molecule has 0 unspecified atom stereocenters. The van der Waals surface area contributed by atoms with E-state index in [1.54, 1.807) is 12.1 Å². The number of carbonyl (C=O) groups excluding carboxylic acids is 1. The first-order chi connectivity index (χ1) is 23.1. The van der Waals surface area contributed by atoms with Crippen molar-refractivity contribution in [2.45, 2.75) is 72.5 Å². The summed E-state index contributed by atoms with van der Waals surface area (Å²) < 4.78 is 49.8. The maximum absolute atomic E-state index is 13.4. The molecule has 0 aliphatic carbocycles. The molecule has 3 N–H and O–H groups in total. The number of hydrogen-bond acceptors (Lipinski definition) is 11. The van der Waals surface area contributed by atoms with E-state index in [1.165, 1.54) is 24.5 Å². The molecule has 13 nitrogen and oxygen atoms in total. The van der Waals surface area contributed by atoms with E-state index in [0.717, 1.165) is 24.9 Å². The van der Waals surface area contributed by atoms with Gasteiger partial charge < -0.3 is 20.3 Å². The highest BCUT2D eigenvalue weighted by atomic mass is 31.2. The molecule has 0 aliphatic rings. The Bertz CT molecular complexity index is 1720. The van der Waals surface area contributed by atoms with Gasteiger partial charge in [0.1, 0.15) is 23.7 Å². The summed E-state index contributed by atoms with van der Waals surface area (Å²) in [5.41, 5.74) is 0.267. The second kappa shape index (κ2) is 16.6. The number of likely N-dealkylation sites (N-methyl/N-ethyl adjacent to an activating group) is 1. The van der Waals surface area contributed by atoms with Crippen molar-refractivity contribution in [3.63, 3.8) is 0 Å². The third kappa shape index (κ3) is 12.8. The number of carbonyl (C=O) groups is 1. The normalized spacial score (nSPS) is 12.4. The maximum Gasteiger partial charge on any atom is 0.475 e. The number of aromatic nitrogens is 4. The van der Waals surface area contributed by atoms with Crippen LogP contribution < -0.4 is 15.4 Å². The molecule has 0 saturated heterocycles. The van der Waals surface area contributed by atoms with Crippen molar-refractivity contribution in [2.75, 3.05) is 43.5 Å². The van der Waals surface area contributed by atoms with Crippen LogP contribution in [0.4, 0.5) is 21.7 Å². The number of H-pyrrole nitrogens is 1. The van der Waals surface area contributed by atoms with E-state index in [2.05, 4.69) is 42.6 Å². The molecule has 0 aliphatic heterocycles. The van der Waals surface area contributed by atoms with Gasteiger partial charge >= 0.3 is 7.82 Å². The van der Waals surface area contributed by atoms with Crippen LogP contribution in [0, 0.1) is 5.82 Å². The second-order valence-corrected chi connectivity index (χ2v) is 14.9. The number of benzene rings is 2. The fraction of sp³-hybridized carbons (Fsp3) is 0.471. The highest BCUT2D eigenvalue weighted by molar-refractivity contribution is 7.48. The monoisotopic (exact) mass is 699 g/mol. The number of halogens is 1. The van der Waals surface area contributed by atoms with Gasteiger partial charge in [-0.1, -0.05) is 13.0 Å². The highest BCUT2D eigenvalue weighted by Gasteiger charge is 2.37. The average molecular weight is 700 g/mol. The summed E-state index contributed by atoms with van der Waals surface area (Å²) in [4.78, 5) is 23.3. The Labute approximate surface area is 286 Å². The van der Waals surface area contributed by atoms with Gasteiger partial charge in [-0.3, -0.25) is 23.5 Å². The third-order valence-corrected chi connectivity index (χ3v) is 8.75. The summed E-state index contributed by atoms with van der Waals surface area (Å²) in [6.45, 7) is 15.7. The van der Waals surface area contributed by atoms with Gasteiger partial charge in [-0.15, -0.1) is 0 Å². The van der Waals surface area contributed by atoms with E-state index in [9.17, 15) is 13.8 Å². The quantitative estimate of drug-likeness (QED) is 0.0754. The molecule has 49 heavy (non-hydrogen) atoms. The van der Waals surface area contributed by atoms with Gasteiger partial charge in [-0.2, -0.15) is 5.10 Å². The lowest BCUT2D eigenvalue weighted by Gasteiger charge is -2.31. The second-order valence-electron chi connectivity index (χ2n) is 13.4. The van der Waals surface area contributed by atoms with E-state index in [4.69, 9.17) is 18.3 Å². The molecule has 2 aromatic heterocycles. The molecule has 0 bridgehead atoms. The van der Waals surface area contributed by atoms with Crippen molar-refractivity contribution in [1.82, 2.24) is 25.1 Å². The van der Waals surface area contributed by atoms with E-state index in [0.29, 0.717) is 47.4 Å². The molecule has 0 saturated carbocycles. The van der Waals surface area contributed by atoms with Crippen LogP contribution in [0.2, 0.25) is 0 Å². The van der Waals surface area contributed by atoms with Gasteiger partial charge in [0.25, 0.3) is 0 Å². The van der Waals surface area contributed by atoms with Crippen LogP contribution >= 0.6 is 7.82 Å². The number of ether oxygens (including phenoxy) is 1. The maximum atomic E-state index is 13.4. The molecular formula is C34H47FN7O6P. The fourth-order valence-electron chi connectivity index (χ4n) is 4.74. The van der Waals surface area contributed by atoms with Crippen LogP contribution in [0.25, 0.3) is 10.9 Å². The molecule has 2 heterocycles. The fourth-order valence-corrected chi connectivity index (χ4v) is 6.53. The first-order valence-corrected chi connectivity index (χ1v) is 17.7. The number of fused-ring (bicyclic) bond motifs is 1. The van der Waals surface area contributed by atoms with Crippen LogP contribution in [-0.2, 0) is 29.4 Å². The van der Waals surface area contributed by atoms with Crippen molar-refractivity contribution in [3.05, 3.63) is 66.4 Å². The lowest BCUT2D eigenvalue weighted by atomic mass is 10.2.